The first kappa shape index (κ1) is 32.4. The van der Waals surface area contributed by atoms with Gasteiger partial charge in [0.1, 0.15) is 5.75 Å². The number of carbonyl (C=O) groups is 1. The monoisotopic (exact) mass is 656 g/mol. The van der Waals surface area contributed by atoms with E-state index in [0.29, 0.717) is 56.5 Å². The lowest BCUT2D eigenvalue weighted by atomic mass is 9.69. The minimum absolute atomic E-state index is 0.228. The minimum atomic E-state index is -3.92. The van der Waals surface area contributed by atoms with E-state index in [0.717, 1.165) is 61.7 Å². The molecule has 1 spiro atoms. The summed E-state index contributed by atoms with van der Waals surface area (Å²) in [6, 6.07) is 11.6. The van der Waals surface area contributed by atoms with E-state index < -0.39 is 21.2 Å². The molecule has 2 aliphatic carbocycles. The van der Waals surface area contributed by atoms with E-state index in [1.54, 1.807) is 13.2 Å². The van der Waals surface area contributed by atoms with Crippen molar-refractivity contribution in [3.63, 3.8) is 0 Å². The summed E-state index contributed by atoms with van der Waals surface area (Å²) >= 11 is 6.42. The van der Waals surface area contributed by atoms with Gasteiger partial charge in [0.05, 0.1) is 36.9 Å². The molecule has 0 unspecified atom stereocenters. The van der Waals surface area contributed by atoms with Gasteiger partial charge in [-0.2, -0.15) is 0 Å². The van der Waals surface area contributed by atoms with Gasteiger partial charge in [0.15, 0.2) is 0 Å². The number of benzene rings is 2. The fourth-order valence-electron chi connectivity index (χ4n) is 7.60. The number of ether oxygens (including phenoxy) is 3. The highest BCUT2D eigenvalue weighted by Crippen LogP contribution is 2.46. The maximum atomic E-state index is 13.5. The molecular weight excluding hydrogens is 612 g/mol. The summed E-state index contributed by atoms with van der Waals surface area (Å²) in [6.45, 7) is 4.82. The molecule has 2 aliphatic heterocycles. The summed E-state index contributed by atoms with van der Waals surface area (Å²) in [5, 5.41) is 0.0336. The Balaban J connectivity index is 1.38. The number of amides is 1. The van der Waals surface area contributed by atoms with E-state index in [1.165, 1.54) is 11.1 Å². The van der Waals surface area contributed by atoms with Crippen LogP contribution in [0, 0.1) is 11.8 Å². The highest BCUT2D eigenvalue weighted by Gasteiger charge is 2.43. The molecule has 244 valence electrons. The summed E-state index contributed by atoms with van der Waals surface area (Å²) in [6.07, 6.45) is 10.7. The average molecular weight is 657 g/mol. The number of hydrogen-bond donors (Lipinski definition) is 1. The van der Waals surface area contributed by atoms with Gasteiger partial charge in [0, 0.05) is 36.2 Å². The molecule has 8 nitrogen and oxygen atoms in total. The van der Waals surface area contributed by atoms with Crippen LogP contribution < -0.4 is 14.4 Å². The number of halogens is 1. The molecule has 1 saturated carbocycles. The number of allylic oxidation sites excluding steroid dienone is 1. The third-order valence-corrected chi connectivity index (χ3v) is 12.5. The normalized spacial score (nSPS) is 30.2. The number of sulfonamides is 1. The topological polar surface area (TPSA) is 94.2 Å². The fraction of sp³-hybridized carbons (Fsp3) is 0.571. The molecule has 0 radical (unpaired) electrons. The predicted octanol–water partition coefficient (Wildman–Crippen LogP) is 6.06. The number of carbonyl (C=O) groups excluding carboxylic acids is 1. The van der Waals surface area contributed by atoms with Gasteiger partial charge in [-0.3, -0.25) is 4.79 Å². The van der Waals surface area contributed by atoms with Gasteiger partial charge in [-0.25, -0.2) is 13.1 Å². The van der Waals surface area contributed by atoms with Gasteiger partial charge >= 0.3 is 0 Å². The van der Waals surface area contributed by atoms with E-state index in [-0.39, 0.29) is 11.5 Å². The number of rotatable bonds is 5. The quantitative estimate of drug-likeness (QED) is 0.309. The molecule has 2 aromatic carbocycles. The Morgan fingerprint density at radius 3 is 2.73 bits per heavy atom. The van der Waals surface area contributed by atoms with E-state index in [9.17, 15) is 13.2 Å². The summed E-state index contributed by atoms with van der Waals surface area (Å²) in [5.74, 6) is 0.933. The van der Waals surface area contributed by atoms with Crippen LogP contribution in [0.4, 0.5) is 5.69 Å². The standard InChI is InChI=1S/C35H45ClN2O6S/c1-3-30-13-12-29(43-18-17-42-2)11-8-24-6-7-27(24)21-38-22-35(16-4-5-25-19-28(36)10-14-31(25)35)23-44-33-15-9-26(20-32(33)38)34(39)37-45(30,40)41/h8-11,14-15,19-20,24,27,29-30H,3-7,12-13,16-18,21-23H2,1-2H3,(H,37,39)/b11-8+/t24-,27-,29-,30+,35-/m0/s1. The zero-order valence-electron chi connectivity index (χ0n) is 26.3. The Morgan fingerprint density at radius 1 is 1.09 bits per heavy atom. The van der Waals surface area contributed by atoms with Gasteiger partial charge in [-0.1, -0.05) is 36.7 Å². The van der Waals surface area contributed by atoms with Crippen molar-refractivity contribution in [2.75, 3.05) is 44.9 Å². The second kappa shape index (κ2) is 13.6. The van der Waals surface area contributed by atoms with Crippen molar-refractivity contribution in [1.29, 1.82) is 0 Å². The molecule has 45 heavy (non-hydrogen) atoms. The summed E-state index contributed by atoms with van der Waals surface area (Å²) in [4.78, 5) is 15.9. The zero-order valence-corrected chi connectivity index (χ0v) is 27.9. The Bertz CT molecular complexity index is 1530. The number of aryl methyl sites for hydroxylation is 1. The molecule has 5 atom stereocenters. The first-order valence-electron chi connectivity index (χ1n) is 16.4. The van der Waals surface area contributed by atoms with Crippen LogP contribution in [-0.2, 0) is 31.3 Å². The zero-order chi connectivity index (χ0) is 31.6. The maximum Gasteiger partial charge on any atom is 0.264 e. The van der Waals surface area contributed by atoms with Gasteiger partial charge in [0.2, 0.25) is 10.0 Å². The SMILES string of the molecule is CC[C@@H]1CC[C@@H](OCCOC)/C=C/[C@@H]2CC[C@H]2CN2C[C@@]3(CCCc4cc(Cl)ccc43)COc3ccc(cc32)C(=O)NS1(=O)=O. The Morgan fingerprint density at radius 2 is 1.96 bits per heavy atom. The molecule has 2 heterocycles. The van der Waals surface area contributed by atoms with Gasteiger partial charge in [-0.15, -0.1) is 0 Å². The van der Waals surface area contributed by atoms with Crippen LogP contribution in [0.2, 0.25) is 5.02 Å². The highest BCUT2D eigenvalue weighted by molar-refractivity contribution is 7.90. The van der Waals surface area contributed by atoms with Crippen molar-refractivity contribution < 1.29 is 27.4 Å². The number of anilines is 1. The Labute approximate surface area is 272 Å². The number of hydrogen-bond acceptors (Lipinski definition) is 7. The molecule has 0 aromatic heterocycles. The molecule has 6 rings (SSSR count). The van der Waals surface area contributed by atoms with Crippen LogP contribution in [0.15, 0.2) is 48.6 Å². The molecule has 0 saturated heterocycles. The molecule has 1 N–H and O–H groups in total. The van der Waals surface area contributed by atoms with Gasteiger partial charge in [0.25, 0.3) is 5.91 Å². The molecular formula is C35H45ClN2O6S. The Kier molecular flexibility index (Phi) is 9.81. The number of fused-ring (bicyclic) bond motifs is 4. The summed E-state index contributed by atoms with van der Waals surface area (Å²) < 4.78 is 47.2. The van der Waals surface area contributed by atoms with E-state index >= 15 is 0 Å². The Hall–Kier alpha value is -2.59. The fourth-order valence-corrected chi connectivity index (χ4v) is 9.22. The minimum Gasteiger partial charge on any atom is -0.490 e. The van der Waals surface area contributed by atoms with Crippen LogP contribution in [0.25, 0.3) is 0 Å². The van der Waals surface area contributed by atoms with Crippen molar-refractivity contribution in [3.8, 4) is 5.75 Å². The second-order valence-electron chi connectivity index (χ2n) is 13.2. The van der Waals surface area contributed by atoms with Gasteiger partial charge < -0.3 is 19.1 Å². The molecule has 10 heteroatoms. The number of nitrogens with zero attached hydrogens (tertiary/aromatic N) is 1. The second-order valence-corrected chi connectivity index (χ2v) is 15.6. The maximum absolute atomic E-state index is 13.5. The van der Waals surface area contributed by atoms with Crippen molar-refractivity contribution in [2.45, 2.75) is 75.1 Å². The van der Waals surface area contributed by atoms with E-state index in [1.807, 2.05) is 25.1 Å². The third-order valence-electron chi connectivity index (χ3n) is 10.3. The van der Waals surface area contributed by atoms with Crippen LogP contribution >= 0.6 is 11.6 Å². The molecule has 2 aromatic rings. The van der Waals surface area contributed by atoms with Crippen LogP contribution in [0.3, 0.4) is 0 Å². The van der Waals surface area contributed by atoms with Crippen molar-refractivity contribution in [1.82, 2.24) is 4.72 Å². The predicted molar refractivity (Wildman–Crippen MR) is 177 cm³/mol. The smallest absolute Gasteiger partial charge is 0.264 e. The highest BCUT2D eigenvalue weighted by atomic mass is 35.5. The largest absolute Gasteiger partial charge is 0.490 e. The van der Waals surface area contributed by atoms with Gasteiger partial charge in [-0.05, 0) is 105 Å². The van der Waals surface area contributed by atoms with Crippen LogP contribution in [0.5, 0.6) is 5.75 Å². The van der Waals surface area contributed by atoms with Crippen molar-refractivity contribution >= 4 is 33.2 Å². The van der Waals surface area contributed by atoms with Crippen molar-refractivity contribution in [2.24, 2.45) is 11.8 Å². The van der Waals surface area contributed by atoms with E-state index in [4.69, 9.17) is 25.8 Å². The van der Waals surface area contributed by atoms with Crippen molar-refractivity contribution in [3.05, 3.63) is 70.3 Å². The first-order valence-corrected chi connectivity index (χ1v) is 18.3. The summed E-state index contributed by atoms with van der Waals surface area (Å²) in [5.41, 5.74) is 3.48. The third kappa shape index (κ3) is 6.92. The van der Waals surface area contributed by atoms with Crippen LogP contribution in [-0.4, -0.2) is 65.7 Å². The molecule has 4 aliphatic rings. The molecule has 1 amide bonds. The van der Waals surface area contributed by atoms with E-state index in [2.05, 4.69) is 33.9 Å². The average Bonchev–Trinajstić information content (AvgIpc) is 3.15. The summed E-state index contributed by atoms with van der Waals surface area (Å²) in [7, 11) is -2.28. The first-order chi connectivity index (χ1) is 21.7. The lowest BCUT2D eigenvalue weighted by Crippen LogP contribution is -2.48. The lowest BCUT2D eigenvalue weighted by molar-refractivity contribution is 0.0345. The number of nitrogens with one attached hydrogen (secondary N) is 1. The number of methoxy groups -OCH3 is 1. The lowest BCUT2D eigenvalue weighted by Gasteiger charge is -2.44. The molecule has 2 bridgehead atoms. The van der Waals surface area contributed by atoms with Crippen LogP contribution in [0.1, 0.15) is 73.4 Å². The molecule has 1 fully saturated rings.